The lowest BCUT2D eigenvalue weighted by molar-refractivity contribution is 0.102. The van der Waals surface area contributed by atoms with Gasteiger partial charge in [0, 0.05) is 18.3 Å². The Balaban J connectivity index is 1.86. The van der Waals surface area contributed by atoms with E-state index in [1.165, 1.54) is 19.3 Å². The number of ether oxygens (including phenoxy) is 1. The first-order valence-corrected chi connectivity index (χ1v) is 9.22. The molecular weight excluding hydrogens is 334 g/mol. The third-order valence-corrected chi connectivity index (χ3v) is 4.48. The lowest BCUT2D eigenvalue weighted by Crippen LogP contribution is -2.36. The molecule has 1 aromatic rings. The Morgan fingerprint density at radius 2 is 2.16 bits per heavy atom. The van der Waals surface area contributed by atoms with Gasteiger partial charge in [0.2, 0.25) is 0 Å². The van der Waals surface area contributed by atoms with Crippen molar-refractivity contribution in [1.29, 1.82) is 0 Å². The van der Waals surface area contributed by atoms with Crippen LogP contribution in [0.15, 0.2) is 36.9 Å². The Kier molecular flexibility index (Phi) is 7.73. The smallest absolute Gasteiger partial charge is 0.407 e. The zero-order chi connectivity index (χ0) is 18.1. The second-order valence-electron chi connectivity index (χ2n) is 6.28. The van der Waals surface area contributed by atoms with E-state index in [1.54, 1.807) is 6.08 Å². The van der Waals surface area contributed by atoms with Crippen LogP contribution in [-0.2, 0) is 4.74 Å². The van der Waals surface area contributed by atoms with Crippen molar-refractivity contribution in [3.05, 3.63) is 42.5 Å². The van der Waals surface area contributed by atoms with Gasteiger partial charge < -0.3 is 20.7 Å². The van der Waals surface area contributed by atoms with Gasteiger partial charge >= 0.3 is 6.09 Å². The molecule has 1 atom stereocenters. The van der Waals surface area contributed by atoms with Gasteiger partial charge in [0.05, 0.1) is 0 Å². The van der Waals surface area contributed by atoms with Crippen LogP contribution in [0.4, 0.5) is 10.5 Å². The molecule has 136 valence electrons. The molecule has 0 radical (unpaired) electrons. The molecule has 1 aliphatic rings. The highest BCUT2D eigenvalue weighted by molar-refractivity contribution is 7.80. The summed E-state index contributed by atoms with van der Waals surface area (Å²) in [5, 5.41) is 9.62. The highest BCUT2D eigenvalue weighted by atomic mass is 32.1. The number of thiocarbonyl (C=S) groups is 1. The van der Waals surface area contributed by atoms with Crippen LogP contribution in [0.2, 0.25) is 0 Å². The molecule has 3 N–H and O–H groups in total. The summed E-state index contributed by atoms with van der Waals surface area (Å²) in [6.45, 7) is 6.11. The quantitative estimate of drug-likeness (QED) is 0.521. The van der Waals surface area contributed by atoms with E-state index < -0.39 is 0 Å². The fourth-order valence-corrected chi connectivity index (χ4v) is 3.09. The Morgan fingerprint density at radius 3 is 2.88 bits per heavy atom. The Morgan fingerprint density at radius 1 is 1.40 bits per heavy atom. The number of carbonyl (C=O) groups excluding carboxylic acids is 1. The van der Waals surface area contributed by atoms with Crippen LogP contribution in [0.3, 0.4) is 0 Å². The summed E-state index contributed by atoms with van der Waals surface area (Å²) >= 11 is 5.21. The van der Waals surface area contributed by atoms with Crippen molar-refractivity contribution in [2.24, 2.45) is 0 Å². The van der Waals surface area contributed by atoms with Crippen molar-refractivity contribution < 1.29 is 9.53 Å². The highest BCUT2D eigenvalue weighted by Crippen LogP contribution is 2.22. The molecule has 1 aromatic carbocycles. The third kappa shape index (κ3) is 6.74. The molecule has 0 saturated heterocycles. The van der Waals surface area contributed by atoms with Crippen LogP contribution in [0.25, 0.3) is 0 Å². The fourth-order valence-electron chi connectivity index (χ4n) is 2.89. The number of anilines is 1. The number of alkyl carbamates (subject to hydrolysis) is 1. The standard InChI is InChI=1S/C19H27N3O2S/c1-3-12-20-18(25)21-17-11-7-8-15(13-17)14(2)24-19(23)22-16-9-5-4-6-10-16/h3,7-8,11,13-14,16H,1,4-6,9-10,12H2,2H3,(H,22,23)(H2,20,21,25). The average Bonchev–Trinajstić information content (AvgIpc) is 2.61. The molecule has 6 heteroatoms. The fraction of sp³-hybridized carbons (Fsp3) is 0.474. The number of hydrogen-bond acceptors (Lipinski definition) is 3. The maximum Gasteiger partial charge on any atom is 0.407 e. The van der Waals surface area contributed by atoms with Crippen molar-refractivity contribution in [3.63, 3.8) is 0 Å². The Labute approximate surface area is 155 Å². The number of rotatable bonds is 6. The van der Waals surface area contributed by atoms with Crippen molar-refractivity contribution >= 4 is 29.1 Å². The summed E-state index contributed by atoms with van der Waals surface area (Å²) in [6.07, 6.45) is 6.75. The van der Waals surface area contributed by atoms with Crippen LogP contribution < -0.4 is 16.0 Å². The van der Waals surface area contributed by atoms with Crippen LogP contribution in [0, 0.1) is 0 Å². The van der Waals surface area contributed by atoms with Gasteiger partial charge in [-0.05, 0) is 49.7 Å². The predicted octanol–water partition coefficient (Wildman–Crippen LogP) is 4.28. The van der Waals surface area contributed by atoms with E-state index in [9.17, 15) is 4.79 Å². The zero-order valence-corrected chi connectivity index (χ0v) is 15.5. The molecule has 0 heterocycles. The summed E-state index contributed by atoms with van der Waals surface area (Å²) in [5.74, 6) is 0. The van der Waals surface area contributed by atoms with E-state index in [0.29, 0.717) is 11.7 Å². The normalized spacial score (nSPS) is 15.7. The van der Waals surface area contributed by atoms with Gasteiger partial charge in [-0.2, -0.15) is 0 Å². The largest absolute Gasteiger partial charge is 0.442 e. The number of amides is 1. The molecule has 5 nitrogen and oxygen atoms in total. The molecule has 2 rings (SSSR count). The SMILES string of the molecule is C=CCNC(=S)Nc1cccc(C(C)OC(=O)NC2CCCCC2)c1. The predicted molar refractivity (Wildman–Crippen MR) is 106 cm³/mol. The maximum atomic E-state index is 12.1. The molecule has 0 aliphatic heterocycles. The number of hydrogen-bond donors (Lipinski definition) is 3. The molecule has 0 aromatic heterocycles. The molecule has 1 amide bonds. The van der Waals surface area contributed by atoms with Crippen LogP contribution in [-0.4, -0.2) is 23.8 Å². The summed E-state index contributed by atoms with van der Waals surface area (Å²) in [6, 6.07) is 7.94. The second kappa shape index (κ2) is 10.0. The Bertz CT molecular complexity index is 600. The first-order chi connectivity index (χ1) is 12.1. The van der Waals surface area contributed by atoms with Gasteiger partial charge in [-0.15, -0.1) is 6.58 Å². The topological polar surface area (TPSA) is 62.4 Å². The van der Waals surface area contributed by atoms with Gasteiger partial charge in [0.25, 0.3) is 0 Å². The van der Waals surface area contributed by atoms with Gasteiger partial charge in [-0.3, -0.25) is 0 Å². The third-order valence-electron chi connectivity index (χ3n) is 4.23. The number of nitrogens with one attached hydrogen (secondary N) is 3. The first kappa shape index (κ1) is 19.2. The highest BCUT2D eigenvalue weighted by Gasteiger charge is 2.18. The van der Waals surface area contributed by atoms with Crippen molar-refractivity contribution in [1.82, 2.24) is 10.6 Å². The summed E-state index contributed by atoms with van der Waals surface area (Å²) in [4.78, 5) is 12.1. The number of benzene rings is 1. The molecular formula is C19H27N3O2S. The van der Waals surface area contributed by atoms with Crippen LogP contribution >= 0.6 is 12.2 Å². The minimum Gasteiger partial charge on any atom is -0.442 e. The minimum atomic E-state index is -0.346. The second-order valence-corrected chi connectivity index (χ2v) is 6.68. The average molecular weight is 362 g/mol. The molecule has 1 unspecified atom stereocenters. The number of carbonyl (C=O) groups is 1. The van der Waals surface area contributed by atoms with Gasteiger partial charge in [-0.1, -0.05) is 37.5 Å². The molecule has 0 spiro atoms. The van der Waals surface area contributed by atoms with Crippen molar-refractivity contribution in [2.75, 3.05) is 11.9 Å². The summed E-state index contributed by atoms with van der Waals surface area (Å²) < 4.78 is 5.52. The van der Waals surface area contributed by atoms with E-state index in [0.717, 1.165) is 24.1 Å². The van der Waals surface area contributed by atoms with E-state index in [4.69, 9.17) is 17.0 Å². The van der Waals surface area contributed by atoms with Crippen molar-refractivity contribution in [2.45, 2.75) is 51.2 Å². The minimum absolute atomic E-state index is 0.245. The summed E-state index contributed by atoms with van der Waals surface area (Å²) in [7, 11) is 0. The molecule has 25 heavy (non-hydrogen) atoms. The Hall–Kier alpha value is -2.08. The molecule has 1 aliphatic carbocycles. The van der Waals surface area contributed by atoms with Crippen LogP contribution in [0.5, 0.6) is 0 Å². The van der Waals surface area contributed by atoms with Gasteiger partial charge in [-0.25, -0.2) is 4.79 Å². The van der Waals surface area contributed by atoms with Gasteiger partial charge in [0.1, 0.15) is 6.10 Å². The molecule has 0 bridgehead atoms. The van der Waals surface area contributed by atoms with E-state index in [2.05, 4.69) is 22.5 Å². The zero-order valence-electron chi connectivity index (χ0n) is 14.7. The lowest BCUT2D eigenvalue weighted by Gasteiger charge is -2.23. The monoisotopic (exact) mass is 361 g/mol. The van der Waals surface area contributed by atoms with E-state index in [1.807, 2.05) is 31.2 Å². The molecule has 1 saturated carbocycles. The van der Waals surface area contributed by atoms with Gasteiger partial charge in [0.15, 0.2) is 5.11 Å². The first-order valence-electron chi connectivity index (χ1n) is 8.81. The van der Waals surface area contributed by atoms with Crippen molar-refractivity contribution in [3.8, 4) is 0 Å². The maximum absolute atomic E-state index is 12.1. The van der Waals surface area contributed by atoms with E-state index >= 15 is 0 Å². The molecule has 1 fully saturated rings. The van der Waals surface area contributed by atoms with E-state index in [-0.39, 0.29) is 18.2 Å². The summed E-state index contributed by atoms with van der Waals surface area (Å²) in [5.41, 5.74) is 1.76. The van der Waals surface area contributed by atoms with Crippen LogP contribution in [0.1, 0.15) is 50.7 Å². The lowest BCUT2D eigenvalue weighted by atomic mass is 9.96.